The van der Waals surface area contributed by atoms with Gasteiger partial charge in [0.1, 0.15) is 9.79 Å². The van der Waals surface area contributed by atoms with Crippen molar-refractivity contribution in [1.29, 1.82) is 0 Å². The Kier molecular flexibility index (Phi) is 5.01. The zero-order valence-corrected chi connectivity index (χ0v) is 18.1. The molecule has 33 heavy (non-hydrogen) atoms. The lowest BCUT2D eigenvalue weighted by Gasteiger charge is -2.24. The molecular weight excluding hydrogens is 474 g/mol. The summed E-state index contributed by atoms with van der Waals surface area (Å²) in [5.74, 6) is -1.96. The molecule has 0 spiro atoms. The van der Waals surface area contributed by atoms with Crippen LogP contribution < -0.4 is 16.8 Å². The second-order valence-corrected chi connectivity index (χ2v) is 9.90. The molecule has 3 aromatic carbocycles. The molecule has 7 N–H and O–H groups in total. The van der Waals surface area contributed by atoms with Gasteiger partial charge in [0.2, 0.25) is 0 Å². The van der Waals surface area contributed by atoms with Gasteiger partial charge in [-0.05, 0) is 36.4 Å². The van der Waals surface area contributed by atoms with Crippen LogP contribution in [-0.2, 0) is 20.2 Å². The molecule has 4 rings (SSSR count). The van der Waals surface area contributed by atoms with Crippen LogP contribution >= 0.6 is 0 Å². The molecule has 0 unspecified atom stereocenters. The predicted octanol–water partition coefficient (Wildman–Crippen LogP) is 1.86. The molecule has 170 valence electrons. The van der Waals surface area contributed by atoms with Crippen LogP contribution in [0.4, 0.5) is 22.7 Å². The summed E-state index contributed by atoms with van der Waals surface area (Å²) >= 11 is 0. The largest absolute Gasteiger partial charge is 0.399 e. The van der Waals surface area contributed by atoms with Gasteiger partial charge in [0.05, 0.1) is 28.1 Å². The number of nitrogen functional groups attached to an aromatic ring is 2. The number of hydrogen-bond donors (Lipinski definition) is 5. The van der Waals surface area contributed by atoms with Crippen molar-refractivity contribution in [2.75, 3.05) is 16.8 Å². The van der Waals surface area contributed by atoms with Gasteiger partial charge in [-0.3, -0.25) is 18.7 Å². The van der Waals surface area contributed by atoms with E-state index in [1.165, 1.54) is 24.3 Å². The van der Waals surface area contributed by atoms with E-state index in [4.69, 9.17) is 11.5 Å². The molecule has 0 amide bonds. The van der Waals surface area contributed by atoms with E-state index in [0.29, 0.717) is 11.4 Å². The Balaban J connectivity index is 2.08. The number of carbonyl (C=O) groups excluding carboxylic acids is 2. The summed E-state index contributed by atoms with van der Waals surface area (Å²) in [5, 5.41) is 2.77. The van der Waals surface area contributed by atoms with E-state index >= 15 is 0 Å². The molecule has 0 saturated heterocycles. The number of carbonyl (C=O) groups is 2. The molecule has 3 aromatic rings. The van der Waals surface area contributed by atoms with Gasteiger partial charge in [-0.15, -0.1) is 0 Å². The molecule has 0 saturated carbocycles. The summed E-state index contributed by atoms with van der Waals surface area (Å²) in [6, 6.07) is 10.1. The summed E-state index contributed by atoms with van der Waals surface area (Å²) < 4.78 is 66.8. The highest BCUT2D eigenvalue weighted by Gasteiger charge is 2.39. The number of nitrogens with two attached hydrogens (primary N) is 2. The Bertz CT molecular complexity index is 1580. The van der Waals surface area contributed by atoms with Gasteiger partial charge in [0, 0.05) is 16.9 Å². The summed E-state index contributed by atoms with van der Waals surface area (Å²) in [7, 11) is -9.82. The monoisotopic (exact) mass is 489 g/mol. The minimum atomic E-state index is -4.92. The van der Waals surface area contributed by atoms with Crippen LogP contribution in [0, 0.1) is 0 Å². The Morgan fingerprint density at radius 2 is 1.33 bits per heavy atom. The van der Waals surface area contributed by atoms with E-state index in [9.17, 15) is 35.5 Å². The SMILES string of the molecule is Nc1ccc(Nc2cc(S(=O)(=O)O)c(N)c3c2C(=O)c2c(cccc2S(=O)(=O)O)C3=O)cc1. The average molecular weight is 489 g/mol. The molecule has 0 aromatic heterocycles. The van der Waals surface area contributed by atoms with Crippen molar-refractivity contribution in [1.82, 2.24) is 0 Å². The Morgan fingerprint density at radius 1 is 0.727 bits per heavy atom. The minimum Gasteiger partial charge on any atom is -0.399 e. The molecule has 0 atom stereocenters. The second kappa shape index (κ2) is 7.38. The molecule has 1 aliphatic carbocycles. The molecule has 13 heteroatoms. The molecular formula is C20H15N3O8S2. The summed E-state index contributed by atoms with van der Waals surface area (Å²) in [6.07, 6.45) is 0. The van der Waals surface area contributed by atoms with E-state index in [1.54, 1.807) is 0 Å². The lowest BCUT2D eigenvalue weighted by molar-refractivity contribution is 0.0977. The van der Waals surface area contributed by atoms with Gasteiger partial charge in [-0.1, -0.05) is 12.1 Å². The fraction of sp³-hybridized carbons (Fsp3) is 0. The number of ketones is 2. The first-order valence-electron chi connectivity index (χ1n) is 9.07. The summed E-state index contributed by atoms with van der Waals surface area (Å²) in [5.41, 5.74) is 9.39. The number of nitrogens with one attached hydrogen (secondary N) is 1. The van der Waals surface area contributed by atoms with Crippen LogP contribution in [-0.4, -0.2) is 37.5 Å². The fourth-order valence-electron chi connectivity index (χ4n) is 3.61. The summed E-state index contributed by atoms with van der Waals surface area (Å²) in [6.45, 7) is 0. The third kappa shape index (κ3) is 3.72. The Labute approximate surface area is 187 Å². The standard InChI is InChI=1S/C20H15N3O8S2/c21-9-4-6-10(7-5-9)23-12-8-14(33(29,30)31)18(22)17-16(12)20(25)15-11(19(17)24)2-1-3-13(15)32(26,27)28/h1-8,23H,21-22H2,(H,26,27,28)(H,29,30,31). The number of benzene rings is 3. The van der Waals surface area contributed by atoms with Gasteiger partial charge >= 0.3 is 0 Å². The Hall–Kier alpha value is -3.78. The average Bonchev–Trinajstić information content (AvgIpc) is 2.72. The van der Waals surface area contributed by atoms with Gasteiger partial charge < -0.3 is 16.8 Å². The van der Waals surface area contributed by atoms with E-state index in [1.807, 2.05) is 0 Å². The molecule has 0 fully saturated rings. The topological polar surface area (TPSA) is 207 Å². The minimum absolute atomic E-state index is 0.245. The first kappa shape index (κ1) is 22.4. The maximum atomic E-state index is 13.4. The quantitative estimate of drug-likeness (QED) is 0.206. The third-order valence-electron chi connectivity index (χ3n) is 5.03. The molecule has 1 aliphatic rings. The second-order valence-electron chi connectivity index (χ2n) is 7.12. The van der Waals surface area contributed by atoms with Crippen LogP contribution in [0.15, 0.2) is 58.3 Å². The number of rotatable bonds is 4. The third-order valence-corrected chi connectivity index (χ3v) is 6.82. The van der Waals surface area contributed by atoms with Crippen LogP contribution in [0.25, 0.3) is 0 Å². The lowest BCUT2D eigenvalue weighted by atomic mass is 9.82. The van der Waals surface area contributed by atoms with Crippen LogP contribution in [0.5, 0.6) is 0 Å². The highest BCUT2D eigenvalue weighted by atomic mass is 32.2. The highest BCUT2D eigenvalue weighted by molar-refractivity contribution is 7.86. The number of anilines is 4. The molecule has 11 nitrogen and oxygen atoms in total. The smallest absolute Gasteiger partial charge is 0.296 e. The van der Waals surface area contributed by atoms with Crippen molar-refractivity contribution in [3.63, 3.8) is 0 Å². The Morgan fingerprint density at radius 3 is 1.91 bits per heavy atom. The number of hydrogen-bond acceptors (Lipinski definition) is 9. The molecule has 0 aliphatic heterocycles. The van der Waals surface area contributed by atoms with E-state index < -0.39 is 69.5 Å². The van der Waals surface area contributed by atoms with E-state index in [2.05, 4.69) is 5.32 Å². The van der Waals surface area contributed by atoms with Crippen LogP contribution in [0.1, 0.15) is 31.8 Å². The van der Waals surface area contributed by atoms with Gasteiger partial charge in [-0.2, -0.15) is 16.8 Å². The molecule has 0 radical (unpaired) electrons. The maximum Gasteiger partial charge on any atom is 0.296 e. The normalized spacial score (nSPS) is 13.4. The van der Waals surface area contributed by atoms with Gasteiger partial charge in [0.15, 0.2) is 11.6 Å². The first-order valence-corrected chi connectivity index (χ1v) is 11.9. The van der Waals surface area contributed by atoms with E-state index in [-0.39, 0.29) is 5.69 Å². The number of fused-ring (bicyclic) bond motifs is 2. The van der Waals surface area contributed by atoms with Crippen LogP contribution in [0.3, 0.4) is 0 Å². The summed E-state index contributed by atoms with van der Waals surface area (Å²) in [4.78, 5) is 25.1. The van der Waals surface area contributed by atoms with Crippen molar-refractivity contribution < 1.29 is 35.5 Å². The van der Waals surface area contributed by atoms with Crippen molar-refractivity contribution in [3.05, 3.63) is 70.8 Å². The predicted molar refractivity (Wildman–Crippen MR) is 118 cm³/mol. The molecule has 0 bridgehead atoms. The van der Waals surface area contributed by atoms with Crippen LogP contribution in [0.2, 0.25) is 0 Å². The molecule has 0 heterocycles. The zero-order valence-electron chi connectivity index (χ0n) is 16.4. The van der Waals surface area contributed by atoms with Gasteiger partial charge in [0.25, 0.3) is 20.2 Å². The van der Waals surface area contributed by atoms with Crippen molar-refractivity contribution in [3.8, 4) is 0 Å². The lowest BCUT2D eigenvalue weighted by Crippen LogP contribution is -2.27. The van der Waals surface area contributed by atoms with Crippen molar-refractivity contribution in [2.45, 2.75) is 9.79 Å². The van der Waals surface area contributed by atoms with Crippen molar-refractivity contribution >= 4 is 54.6 Å². The first-order chi connectivity index (χ1) is 15.3. The zero-order chi connectivity index (χ0) is 24.3. The fourth-order valence-corrected chi connectivity index (χ4v) is 4.97. The van der Waals surface area contributed by atoms with Gasteiger partial charge in [-0.25, -0.2) is 0 Å². The van der Waals surface area contributed by atoms with Crippen molar-refractivity contribution in [2.24, 2.45) is 0 Å². The highest BCUT2D eigenvalue weighted by Crippen LogP contribution is 2.41. The van der Waals surface area contributed by atoms with E-state index in [0.717, 1.165) is 24.3 Å². The maximum absolute atomic E-state index is 13.4.